The van der Waals surface area contributed by atoms with Crippen molar-refractivity contribution in [3.05, 3.63) is 23.0 Å². The van der Waals surface area contributed by atoms with Crippen LogP contribution < -0.4 is 0 Å². The van der Waals surface area contributed by atoms with Gasteiger partial charge in [0.1, 0.15) is 0 Å². The second-order valence-corrected chi connectivity index (χ2v) is 3.33. The van der Waals surface area contributed by atoms with E-state index in [4.69, 9.17) is 5.41 Å². The Bertz CT molecular complexity index is 181. The Balaban J connectivity index is 4.79. The van der Waals surface area contributed by atoms with Crippen molar-refractivity contribution in [1.29, 1.82) is 5.41 Å². The van der Waals surface area contributed by atoms with Crippen molar-refractivity contribution in [2.24, 2.45) is 0 Å². The van der Waals surface area contributed by atoms with E-state index in [0.717, 1.165) is 16.5 Å². The zero-order valence-corrected chi connectivity index (χ0v) is 7.94. The van der Waals surface area contributed by atoms with Crippen molar-refractivity contribution in [3.8, 4) is 0 Å². The van der Waals surface area contributed by atoms with Gasteiger partial charge in [0.25, 0.3) is 0 Å². The van der Waals surface area contributed by atoms with Gasteiger partial charge in [-0.2, -0.15) is 0 Å². The van der Waals surface area contributed by atoms with Crippen molar-refractivity contribution in [1.82, 2.24) is 0 Å². The van der Waals surface area contributed by atoms with E-state index in [9.17, 15) is 0 Å². The lowest BCUT2D eigenvalue weighted by molar-refractivity contribution is 1.38. The van der Waals surface area contributed by atoms with Crippen molar-refractivity contribution in [3.63, 3.8) is 0 Å². The quantitative estimate of drug-likeness (QED) is 0.360. The molecule has 0 saturated heterocycles. The fraction of sp³-hybridized carbons (Fsp3) is 0.375. The Morgan fingerprint density at radius 1 is 1.30 bits per heavy atom. The summed E-state index contributed by atoms with van der Waals surface area (Å²) in [6.45, 7) is 9.44. The predicted octanol–water partition coefficient (Wildman–Crippen LogP) is 2.75. The molecule has 1 atom stereocenters. The average Bonchev–Trinajstić information content (AvgIpc) is 1.59. The third-order valence-electron chi connectivity index (χ3n) is 1.20. The minimum Gasteiger partial charge on any atom is -0.305 e. The molecule has 2 heteroatoms. The maximum Gasteiger partial charge on any atom is 0.0360 e. The van der Waals surface area contributed by atoms with E-state index in [2.05, 4.69) is 15.8 Å². The molecule has 1 N–H and O–H groups in total. The monoisotopic (exact) mass is 155 g/mol. The van der Waals surface area contributed by atoms with Crippen LogP contribution in [0, 0.1) is 5.41 Å². The number of allylic oxidation sites excluding steroid dienone is 3. The molecule has 1 nitrogen and oxygen atoms in total. The van der Waals surface area contributed by atoms with Crippen LogP contribution in [0.25, 0.3) is 0 Å². The SMILES string of the molecule is C=C(C)/C(C(C)=N)=C(\C)P. The first kappa shape index (κ1) is 9.58. The maximum absolute atomic E-state index is 7.38. The standard InChI is InChI=1S/C8H14NP/c1-5(2)8(6(3)9)7(4)10/h9H,1,10H2,2-4H3/b8-7-,9-6?. The van der Waals surface area contributed by atoms with Gasteiger partial charge in [0.2, 0.25) is 0 Å². The van der Waals surface area contributed by atoms with Crippen LogP contribution in [-0.2, 0) is 0 Å². The molecule has 0 aliphatic carbocycles. The lowest BCUT2D eigenvalue weighted by Crippen LogP contribution is -1.97. The Morgan fingerprint density at radius 2 is 1.70 bits per heavy atom. The Kier molecular flexibility index (Phi) is 3.52. The summed E-state index contributed by atoms with van der Waals surface area (Å²) in [4.78, 5) is 0. The highest BCUT2D eigenvalue weighted by Gasteiger charge is 2.01. The maximum atomic E-state index is 7.38. The van der Waals surface area contributed by atoms with E-state index in [-0.39, 0.29) is 0 Å². The van der Waals surface area contributed by atoms with Gasteiger partial charge in [0.05, 0.1) is 0 Å². The van der Waals surface area contributed by atoms with E-state index in [1.54, 1.807) is 6.92 Å². The molecular weight excluding hydrogens is 141 g/mol. The Hall–Kier alpha value is -0.420. The smallest absolute Gasteiger partial charge is 0.0360 e. The third kappa shape index (κ3) is 2.45. The highest BCUT2D eigenvalue weighted by molar-refractivity contribution is 7.22. The molecule has 0 amide bonds. The summed E-state index contributed by atoms with van der Waals surface area (Å²) in [5.41, 5.74) is 2.50. The van der Waals surface area contributed by atoms with Crippen molar-refractivity contribution < 1.29 is 0 Å². The summed E-state index contributed by atoms with van der Waals surface area (Å²) in [6.07, 6.45) is 0. The summed E-state index contributed by atoms with van der Waals surface area (Å²) < 4.78 is 0. The topological polar surface area (TPSA) is 23.9 Å². The van der Waals surface area contributed by atoms with Gasteiger partial charge in [-0.15, -0.1) is 9.24 Å². The molecule has 0 heterocycles. The van der Waals surface area contributed by atoms with Crippen LogP contribution in [0.2, 0.25) is 0 Å². The minimum atomic E-state index is 0.583. The molecular formula is C8H14NP. The van der Waals surface area contributed by atoms with Crippen LogP contribution in [0.1, 0.15) is 20.8 Å². The molecule has 0 saturated carbocycles. The zero-order chi connectivity index (χ0) is 8.31. The second kappa shape index (κ2) is 3.68. The first-order valence-electron chi connectivity index (χ1n) is 3.14. The molecule has 0 aromatic rings. The first-order chi connectivity index (χ1) is 4.46. The first-order valence-corrected chi connectivity index (χ1v) is 3.72. The van der Waals surface area contributed by atoms with Crippen LogP contribution in [0.4, 0.5) is 0 Å². The summed E-state index contributed by atoms with van der Waals surface area (Å²) >= 11 is 0. The summed E-state index contributed by atoms with van der Waals surface area (Å²) in [5.74, 6) is 0. The van der Waals surface area contributed by atoms with Crippen LogP contribution >= 0.6 is 9.24 Å². The normalized spacial score (nSPS) is 12.4. The van der Waals surface area contributed by atoms with E-state index in [1.807, 2.05) is 13.8 Å². The third-order valence-corrected chi connectivity index (χ3v) is 1.48. The summed E-state index contributed by atoms with van der Waals surface area (Å²) in [5, 5.41) is 8.46. The highest BCUT2D eigenvalue weighted by atomic mass is 31.0. The van der Waals surface area contributed by atoms with E-state index in [0.29, 0.717) is 5.71 Å². The highest BCUT2D eigenvalue weighted by Crippen LogP contribution is 2.18. The lowest BCUT2D eigenvalue weighted by Gasteiger charge is -2.05. The molecule has 0 rings (SSSR count). The summed E-state index contributed by atoms with van der Waals surface area (Å²) in [7, 11) is 2.59. The fourth-order valence-electron chi connectivity index (χ4n) is 0.952. The molecule has 0 aliphatic heterocycles. The van der Waals surface area contributed by atoms with E-state index in [1.165, 1.54) is 0 Å². The molecule has 0 aromatic heterocycles. The molecule has 0 aromatic carbocycles. The van der Waals surface area contributed by atoms with Gasteiger partial charge in [0.15, 0.2) is 0 Å². The molecule has 0 spiro atoms. The van der Waals surface area contributed by atoms with E-state index >= 15 is 0 Å². The van der Waals surface area contributed by atoms with E-state index < -0.39 is 0 Å². The predicted molar refractivity (Wildman–Crippen MR) is 50.6 cm³/mol. The number of rotatable bonds is 2. The van der Waals surface area contributed by atoms with Crippen LogP contribution in [-0.4, -0.2) is 5.71 Å². The van der Waals surface area contributed by atoms with Gasteiger partial charge in [-0.05, 0) is 31.7 Å². The largest absolute Gasteiger partial charge is 0.305 e. The Morgan fingerprint density at radius 3 is 1.70 bits per heavy atom. The zero-order valence-electron chi connectivity index (χ0n) is 6.78. The van der Waals surface area contributed by atoms with Gasteiger partial charge in [0, 0.05) is 11.3 Å². The fourth-order valence-corrected chi connectivity index (χ4v) is 1.42. The van der Waals surface area contributed by atoms with Crippen molar-refractivity contribution in [2.75, 3.05) is 0 Å². The Labute approximate surface area is 64.9 Å². The molecule has 0 radical (unpaired) electrons. The number of hydrogen-bond acceptors (Lipinski definition) is 1. The molecule has 10 heavy (non-hydrogen) atoms. The molecule has 56 valence electrons. The molecule has 1 unspecified atom stereocenters. The van der Waals surface area contributed by atoms with Crippen LogP contribution in [0.5, 0.6) is 0 Å². The van der Waals surface area contributed by atoms with Gasteiger partial charge in [-0.25, -0.2) is 0 Å². The average molecular weight is 155 g/mol. The van der Waals surface area contributed by atoms with Gasteiger partial charge < -0.3 is 5.41 Å². The molecule has 0 bridgehead atoms. The van der Waals surface area contributed by atoms with Crippen molar-refractivity contribution >= 4 is 15.0 Å². The minimum absolute atomic E-state index is 0.583. The van der Waals surface area contributed by atoms with Gasteiger partial charge in [-0.1, -0.05) is 6.58 Å². The second-order valence-electron chi connectivity index (χ2n) is 2.46. The van der Waals surface area contributed by atoms with Gasteiger partial charge >= 0.3 is 0 Å². The van der Waals surface area contributed by atoms with Crippen LogP contribution in [0.3, 0.4) is 0 Å². The van der Waals surface area contributed by atoms with Crippen molar-refractivity contribution in [2.45, 2.75) is 20.8 Å². The molecule has 0 aliphatic rings. The van der Waals surface area contributed by atoms with Gasteiger partial charge in [-0.3, -0.25) is 0 Å². The summed E-state index contributed by atoms with van der Waals surface area (Å²) in [6, 6.07) is 0. The number of nitrogens with one attached hydrogen (secondary N) is 1. The van der Waals surface area contributed by atoms with Crippen LogP contribution in [0.15, 0.2) is 23.0 Å². The molecule has 0 fully saturated rings. The number of hydrogen-bond donors (Lipinski definition) is 1. The lowest BCUT2D eigenvalue weighted by atomic mass is 10.1.